The number of nitrogen functional groups attached to an aromatic ring is 1. The summed E-state index contributed by atoms with van der Waals surface area (Å²) < 4.78 is 35.6. The van der Waals surface area contributed by atoms with E-state index >= 15 is 0 Å². The van der Waals surface area contributed by atoms with Crippen LogP contribution in [0.3, 0.4) is 0 Å². The van der Waals surface area contributed by atoms with Crippen LogP contribution in [0, 0.1) is 29.1 Å². The highest BCUT2D eigenvalue weighted by atomic mass is 19.3. The molecule has 32 heavy (non-hydrogen) atoms. The van der Waals surface area contributed by atoms with Gasteiger partial charge < -0.3 is 25.9 Å². The van der Waals surface area contributed by atoms with Crippen LogP contribution in [0.1, 0.15) is 31.7 Å². The van der Waals surface area contributed by atoms with Gasteiger partial charge in [0.05, 0.1) is 17.9 Å². The largest absolute Gasteiger partial charge is 0.431 e. The number of morpholine rings is 1. The van der Waals surface area contributed by atoms with E-state index in [9.17, 15) is 8.78 Å². The third kappa shape index (κ3) is 3.37. The quantitative estimate of drug-likeness (QED) is 0.603. The number of hydrogen-bond acceptors (Lipinski definition) is 7. The number of nitrogens with zero attached hydrogens (tertiary/aromatic N) is 2. The lowest BCUT2D eigenvalue weighted by atomic mass is 9.86. The molecule has 6 fully saturated rings. The number of halogens is 2. The molecule has 2 aliphatic carbocycles. The molecule has 4 aliphatic heterocycles. The predicted octanol–water partition coefficient (Wildman–Crippen LogP) is 2.62. The lowest BCUT2D eigenvalue weighted by Gasteiger charge is -2.50. The molecular weight excluding hydrogens is 416 g/mol. The van der Waals surface area contributed by atoms with Crippen LogP contribution >= 0.6 is 0 Å². The molecule has 4 N–H and O–H groups in total. The van der Waals surface area contributed by atoms with Gasteiger partial charge in [0.15, 0.2) is 11.6 Å². The molecule has 0 aromatic carbocycles. The van der Waals surface area contributed by atoms with Gasteiger partial charge in [-0.1, -0.05) is 0 Å². The summed E-state index contributed by atoms with van der Waals surface area (Å²) in [6.07, 6.45) is 7.73. The Morgan fingerprint density at radius 2 is 2.06 bits per heavy atom. The average Bonchev–Trinajstić information content (AvgIpc) is 3.35. The first kappa shape index (κ1) is 20.4. The van der Waals surface area contributed by atoms with Crippen molar-refractivity contribution in [3.05, 3.63) is 29.6 Å². The van der Waals surface area contributed by atoms with E-state index in [0.717, 1.165) is 25.2 Å². The molecular formula is C23H29F2N5O2. The summed E-state index contributed by atoms with van der Waals surface area (Å²) in [6, 6.07) is 2.34. The fourth-order valence-electron chi connectivity index (χ4n) is 6.85. The van der Waals surface area contributed by atoms with Crippen molar-refractivity contribution >= 4 is 11.5 Å². The summed E-state index contributed by atoms with van der Waals surface area (Å²) in [5.74, 6) is 2.15. The number of fused-ring (bicyclic) bond motifs is 3. The minimum atomic E-state index is -2.99. The van der Waals surface area contributed by atoms with Gasteiger partial charge in [-0.15, -0.1) is 0 Å². The maximum absolute atomic E-state index is 12.6. The van der Waals surface area contributed by atoms with Crippen LogP contribution in [-0.2, 0) is 4.74 Å². The highest BCUT2D eigenvalue weighted by molar-refractivity contribution is 6.07. The molecule has 1 aromatic rings. The number of anilines is 1. The lowest BCUT2D eigenvalue weighted by molar-refractivity contribution is -0.191. The summed E-state index contributed by atoms with van der Waals surface area (Å²) in [7, 11) is 0. The number of nitrogens with two attached hydrogens (primary N) is 1. The van der Waals surface area contributed by atoms with E-state index in [2.05, 4.69) is 26.9 Å². The van der Waals surface area contributed by atoms with Gasteiger partial charge in [0.2, 0.25) is 0 Å². The van der Waals surface area contributed by atoms with Gasteiger partial charge in [-0.05, 0) is 49.7 Å². The van der Waals surface area contributed by atoms with Crippen LogP contribution in [0.25, 0.3) is 0 Å². The molecule has 7 nitrogen and oxygen atoms in total. The molecule has 1 aromatic heterocycles. The predicted molar refractivity (Wildman–Crippen MR) is 115 cm³/mol. The maximum Gasteiger partial charge on any atom is 0.387 e. The van der Waals surface area contributed by atoms with Crippen molar-refractivity contribution in [2.75, 3.05) is 18.8 Å². The first-order valence-electron chi connectivity index (χ1n) is 11.5. The van der Waals surface area contributed by atoms with Gasteiger partial charge >= 0.3 is 6.61 Å². The first-order valence-corrected chi connectivity index (χ1v) is 11.5. The van der Waals surface area contributed by atoms with E-state index in [-0.39, 0.29) is 17.3 Å². The first-order chi connectivity index (χ1) is 15.4. The second-order valence-electron chi connectivity index (χ2n) is 10.1. The Bertz CT molecular complexity index is 956. The van der Waals surface area contributed by atoms with Gasteiger partial charge in [0.1, 0.15) is 0 Å². The molecule has 5 heterocycles. The van der Waals surface area contributed by atoms with Crippen LogP contribution in [0.2, 0.25) is 0 Å². The minimum absolute atomic E-state index is 0.109. The number of pyridine rings is 1. The van der Waals surface area contributed by atoms with Gasteiger partial charge in [0, 0.05) is 55.0 Å². The number of ether oxygens (including phenoxy) is 2. The highest BCUT2D eigenvalue weighted by Crippen LogP contribution is 2.66. The van der Waals surface area contributed by atoms with E-state index in [4.69, 9.17) is 15.9 Å². The van der Waals surface area contributed by atoms with Crippen molar-refractivity contribution in [2.45, 2.75) is 57.1 Å². The van der Waals surface area contributed by atoms with Gasteiger partial charge in [-0.2, -0.15) is 8.78 Å². The number of aromatic nitrogens is 1. The highest BCUT2D eigenvalue weighted by Gasteiger charge is 2.65. The number of alkyl halides is 2. The molecule has 6 aliphatic rings. The topological polar surface area (TPSA) is 96.5 Å². The molecule has 9 heteroatoms. The number of piperidine rings is 1. The van der Waals surface area contributed by atoms with E-state index < -0.39 is 6.61 Å². The van der Waals surface area contributed by atoms with E-state index in [1.807, 2.05) is 6.08 Å². The Balaban J connectivity index is 1.20. The zero-order valence-electron chi connectivity index (χ0n) is 18.0. The number of rotatable bonds is 5. The van der Waals surface area contributed by atoms with Crippen LogP contribution in [0.4, 0.5) is 14.6 Å². The van der Waals surface area contributed by atoms with Crippen molar-refractivity contribution in [3.63, 3.8) is 0 Å². The Morgan fingerprint density at radius 1 is 1.31 bits per heavy atom. The standard InChI is InChI=1S/C23H29F2N5O2/c1-10-2-14-18(30-8-12-4-13(9-30)31-12)5-15-20(14)21(15)17(29-10)6-16(26)11-3-19(32-23(24)25)22(27)28-7-11/h3,6-7,10,12-15,18,20-21,23,26,29H,2,4-5,8-9H2,1H3,(H2,27,28)/b17-6-,26-16?/t10?,12?,13?,14?,15-,18?,20+,21-/m1/s1. The van der Waals surface area contributed by atoms with Gasteiger partial charge in [-0.3, -0.25) is 4.90 Å². The zero-order chi connectivity index (χ0) is 22.1. The fraction of sp³-hybridized carbons (Fsp3) is 0.652. The third-order valence-electron chi connectivity index (χ3n) is 8.09. The Morgan fingerprint density at radius 3 is 2.78 bits per heavy atom. The van der Waals surface area contributed by atoms with Crippen molar-refractivity contribution in [2.24, 2.45) is 23.7 Å². The zero-order valence-corrected chi connectivity index (χ0v) is 18.0. The molecule has 5 unspecified atom stereocenters. The maximum atomic E-state index is 12.6. The van der Waals surface area contributed by atoms with E-state index in [0.29, 0.717) is 53.5 Å². The van der Waals surface area contributed by atoms with Crippen molar-refractivity contribution in [3.8, 4) is 5.75 Å². The number of nitrogens with one attached hydrogen (secondary N) is 2. The monoisotopic (exact) mass is 445 g/mol. The third-order valence-corrected chi connectivity index (χ3v) is 8.09. The van der Waals surface area contributed by atoms with Gasteiger partial charge in [-0.25, -0.2) is 4.98 Å². The molecule has 0 amide bonds. The summed E-state index contributed by atoms with van der Waals surface area (Å²) in [6.45, 7) is 1.37. The minimum Gasteiger partial charge on any atom is -0.431 e. The lowest BCUT2D eigenvalue weighted by Crippen LogP contribution is -2.60. The molecule has 8 atom stereocenters. The van der Waals surface area contributed by atoms with Crippen molar-refractivity contribution in [1.29, 1.82) is 5.41 Å². The van der Waals surface area contributed by atoms with Crippen molar-refractivity contribution in [1.82, 2.24) is 15.2 Å². The summed E-state index contributed by atoms with van der Waals surface area (Å²) >= 11 is 0. The molecule has 0 spiro atoms. The normalized spacial score (nSPS) is 40.9. The second-order valence-corrected chi connectivity index (χ2v) is 10.1. The SMILES string of the molecule is CC1CC2C(N3CC4CC(C3)O4)C[C@H]3[C@H](/C(=C/C(=N)c4cnc(N)c(OC(F)F)c4)N1)[C@@H]23. The second kappa shape index (κ2) is 7.38. The fourth-order valence-corrected chi connectivity index (χ4v) is 6.85. The Labute approximate surface area is 185 Å². The molecule has 2 bridgehead atoms. The van der Waals surface area contributed by atoms with Crippen LogP contribution < -0.4 is 15.8 Å². The van der Waals surface area contributed by atoms with Gasteiger partial charge in [0.25, 0.3) is 0 Å². The Kier molecular flexibility index (Phi) is 4.69. The van der Waals surface area contributed by atoms with E-state index in [1.54, 1.807) is 0 Å². The summed E-state index contributed by atoms with van der Waals surface area (Å²) in [5.41, 5.74) is 7.36. The number of hydrogen-bond donors (Lipinski definition) is 3. The average molecular weight is 446 g/mol. The summed E-state index contributed by atoms with van der Waals surface area (Å²) in [4.78, 5) is 6.62. The Hall–Kier alpha value is -2.26. The van der Waals surface area contributed by atoms with Crippen LogP contribution in [-0.4, -0.2) is 59.6 Å². The van der Waals surface area contributed by atoms with E-state index in [1.165, 1.54) is 25.1 Å². The summed E-state index contributed by atoms with van der Waals surface area (Å²) in [5, 5.41) is 12.2. The van der Waals surface area contributed by atoms with Crippen LogP contribution in [0.5, 0.6) is 5.75 Å². The molecule has 2 saturated carbocycles. The number of allylic oxidation sites excluding steroid dienone is 2. The van der Waals surface area contributed by atoms with Crippen molar-refractivity contribution < 1.29 is 18.3 Å². The molecule has 4 saturated heterocycles. The van der Waals surface area contributed by atoms with Crippen LogP contribution in [0.15, 0.2) is 24.0 Å². The molecule has 172 valence electrons. The smallest absolute Gasteiger partial charge is 0.387 e. The molecule has 7 rings (SSSR count). The molecule has 0 radical (unpaired) electrons.